The largest absolute Gasteiger partial charge is 0.496 e. The number of nitrogens with zero attached hydrogens (tertiary/aromatic N) is 4. The molecule has 0 radical (unpaired) electrons. The number of hydrogen-bond donors (Lipinski definition) is 1. The highest BCUT2D eigenvalue weighted by molar-refractivity contribution is 6.03. The minimum absolute atomic E-state index is 0.00133. The lowest BCUT2D eigenvalue weighted by atomic mass is 10.1. The van der Waals surface area contributed by atoms with E-state index in [1.165, 1.54) is 10.7 Å². The molecule has 0 aromatic carbocycles. The first-order valence-corrected chi connectivity index (χ1v) is 8.66. The number of carbonyl (C=O) groups is 1. The number of carbonyl (C=O) groups excluding carboxylic acids is 1. The van der Waals surface area contributed by atoms with E-state index in [0.717, 1.165) is 30.9 Å². The highest BCUT2D eigenvalue weighted by atomic mass is 19.1. The number of anilines is 1. The Kier molecular flexibility index (Phi) is 4.50. The van der Waals surface area contributed by atoms with E-state index in [4.69, 9.17) is 4.74 Å². The Hall–Kier alpha value is -3.36. The number of nitrogens with one attached hydrogen (secondary N) is 1. The monoisotopic (exact) mass is 385 g/mol. The summed E-state index contributed by atoms with van der Waals surface area (Å²) in [4.78, 5) is 20.3. The summed E-state index contributed by atoms with van der Waals surface area (Å²) >= 11 is 0. The molecule has 1 fully saturated rings. The van der Waals surface area contributed by atoms with Crippen molar-refractivity contribution >= 4 is 11.6 Å². The predicted octanol–water partition coefficient (Wildman–Crippen LogP) is 3.29. The highest BCUT2D eigenvalue weighted by Crippen LogP contribution is 2.41. The van der Waals surface area contributed by atoms with Gasteiger partial charge in [0.05, 0.1) is 30.8 Å². The zero-order chi connectivity index (χ0) is 19.8. The minimum atomic E-state index is -0.967. The molecule has 0 saturated heterocycles. The van der Waals surface area contributed by atoms with Crippen molar-refractivity contribution in [2.45, 2.75) is 18.8 Å². The van der Waals surface area contributed by atoms with E-state index in [1.54, 1.807) is 20.4 Å². The Balaban J connectivity index is 1.64. The quantitative estimate of drug-likeness (QED) is 0.729. The van der Waals surface area contributed by atoms with Crippen LogP contribution >= 0.6 is 0 Å². The van der Waals surface area contributed by atoms with Crippen LogP contribution < -0.4 is 10.1 Å². The van der Waals surface area contributed by atoms with Gasteiger partial charge in [-0.1, -0.05) is 0 Å². The van der Waals surface area contributed by atoms with Crippen molar-refractivity contribution in [3.63, 3.8) is 0 Å². The van der Waals surface area contributed by atoms with Gasteiger partial charge >= 0.3 is 0 Å². The lowest BCUT2D eigenvalue weighted by Gasteiger charge is -2.09. The molecule has 3 aromatic rings. The van der Waals surface area contributed by atoms with Gasteiger partial charge in [-0.2, -0.15) is 5.10 Å². The Morgan fingerprint density at radius 3 is 2.57 bits per heavy atom. The number of pyridine rings is 2. The molecular weight excluding hydrogens is 368 g/mol. The van der Waals surface area contributed by atoms with Gasteiger partial charge in [-0.15, -0.1) is 0 Å². The molecule has 9 heteroatoms. The molecule has 0 aliphatic heterocycles. The number of ether oxygens (including phenoxy) is 1. The van der Waals surface area contributed by atoms with Gasteiger partial charge in [0, 0.05) is 30.9 Å². The van der Waals surface area contributed by atoms with E-state index in [9.17, 15) is 13.6 Å². The number of methoxy groups -OCH3 is 1. The van der Waals surface area contributed by atoms with Crippen LogP contribution in [0.4, 0.5) is 14.5 Å². The second-order valence-corrected chi connectivity index (χ2v) is 6.55. The summed E-state index contributed by atoms with van der Waals surface area (Å²) in [5, 5.41) is 6.34. The van der Waals surface area contributed by atoms with Gasteiger partial charge in [-0.05, 0) is 18.9 Å². The van der Waals surface area contributed by atoms with Gasteiger partial charge in [-0.3, -0.25) is 19.4 Å². The van der Waals surface area contributed by atoms with E-state index >= 15 is 0 Å². The molecular formula is C19H17F2N5O2. The van der Waals surface area contributed by atoms with Gasteiger partial charge in [0.2, 0.25) is 0 Å². The van der Waals surface area contributed by atoms with Crippen LogP contribution in [-0.2, 0) is 7.05 Å². The van der Waals surface area contributed by atoms with Gasteiger partial charge in [0.25, 0.3) is 5.91 Å². The summed E-state index contributed by atoms with van der Waals surface area (Å²) in [6.45, 7) is 0. The Bertz CT molecular complexity index is 1040. The SMILES string of the molecule is COc1cc(C2CC2)ncc1-c1cc(C(=O)Nc2c(F)cncc2F)nn1C. The number of hydrogen-bond acceptors (Lipinski definition) is 5. The van der Waals surface area contributed by atoms with Crippen LogP contribution in [-0.4, -0.2) is 32.8 Å². The normalized spacial score (nSPS) is 13.4. The van der Waals surface area contributed by atoms with Crippen LogP contribution in [0, 0.1) is 11.6 Å². The molecule has 144 valence electrons. The fourth-order valence-corrected chi connectivity index (χ4v) is 2.95. The average Bonchev–Trinajstić information content (AvgIpc) is 3.46. The molecule has 0 unspecified atom stereocenters. The first-order valence-electron chi connectivity index (χ1n) is 8.66. The maximum Gasteiger partial charge on any atom is 0.276 e. The maximum absolute atomic E-state index is 13.7. The predicted molar refractivity (Wildman–Crippen MR) is 97.1 cm³/mol. The van der Waals surface area contributed by atoms with Crippen molar-refractivity contribution in [3.8, 4) is 17.0 Å². The maximum atomic E-state index is 13.7. The summed E-state index contributed by atoms with van der Waals surface area (Å²) < 4.78 is 34.4. The van der Waals surface area contributed by atoms with Crippen molar-refractivity contribution in [1.82, 2.24) is 19.7 Å². The third kappa shape index (κ3) is 3.30. The smallest absolute Gasteiger partial charge is 0.276 e. The summed E-state index contributed by atoms with van der Waals surface area (Å²) in [5.74, 6) is -1.58. The zero-order valence-corrected chi connectivity index (χ0v) is 15.2. The van der Waals surface area contributed by atoms with E-state index in [0.29, 0.717) is 22.9 Å². The molecule has 3 heterocycles. The number of rotatable bonds is 5. The number of halogens is 2. The third-order valence-electron chi connectivity index (χ3n) is 4.58. The first-order chi connectivity index (χ1) is 13.5. The summed E-state index contributed by atoms with van der Waals surface area (Å²) in [6, 6.07) is 3.41. The van der Waals surface area contributed by atoms with E-state index in [2.05, 4.69) is 20.4 Å². The number of amides is 1. The molecule has 3 aromatic heterocycles. The lowest BCUT2D eigenvalue weighted by molar-refractivity contribution is 0.102. The summed E-state index contributed by atoms with van der Waals surface area (Å²) in [5.41, 5.74) is 1.67. The molecule has 28 heavy (non-hydrogen) atoms. The Morgan fingerprint density at radius 1 is 1.21 bits per heavy atom. The fraction of sp³-hybridized carbons (Fsp3) is 0.263. The topological polar surface area (TPSA) is 81.9 Å². The molecule has 4 rings (SSSR count). The van der Waals surface area contributed by atoms with Crippen LogP contribution in [0.3, 0.4) is 0 Å². The van der Waals surface area contributed by atoms with Crippen molar-refractivity contribution in [3.05, 3.63) is 53.7 Å². The minimum Gasteiger partial charge on any atom is -0.496 e. The van der Waals surface area contributed by atoms with E-state index in [1.807, 2.05) is 6.07 Å². The van der Waals surface area contributed by atoms with Crippen LogP contribution in [0.25, 0.3) is 11.3 Å². The molecule has 1 saturated carbocycles. The van der Waals surface area contributed by atoms with Crippen molar-refractivity contribution in [2.24, 2.45) is 7.05 Å². The molecule has 1 aliphatic carbocycles. The zero-order valence-electron chi connectivity index (χ0n) is 15.2. The molecule has 1 N–H and O–H groups in total. The molecule has 0 bridgehead atoms. The average molecular weight is 385 g/mol. The second kappa shape index (κ2) is 6.99. The molecule has 1 amide bonds. The summed E-state index contributed by atoms with van der Waals surface area (Å²) in [6.07, 6.45) is 5.57. The van der Waals surface area contributed by atoms with Crippen LogP contribution in [0.15, 0.2) is 30.7 Å². The van der Waals surface area contributed by atoms with Crippen LogP contribution in [0.5, 0.6) is 5.75 Å². The number of aryl methyl sites for hydroxylation is 1. The van der Waals surface area contributed by atoms with Crippen LogP contribution in [0.1, 0.15) is 34.9 Å². The lowest BCUT2D eigenvalue weighted by Crippen LogP contribution is -2.15. The van der Waals surface area contributed by atoms with Gasteiger partial charge in [-0.25, -0.2) is 8.78 Å². The third-order valence-corrected chi connectivity index (χ3v) is 4.58. The first kappa shape index (κ1) is 18.0. The van der Waals surface area contributed by atoms with E-state index in [-0.39, 0.29) is 5.69 Å². The Labute approximate surface area is 159 Å². The number of aromatic nitrogens is 4. The van der Waals surface area contributed by atoms with Crippen molar-refractivity contribution in [2.75, 3.05) is 12.4 Å². The van der Waals surface area contributed by atoms with Gasteiger partial charge in [0.15, 0.2) is 17.3 Å². The van der Waals surface area contributed by atoms with Crippen molar-refractivity contribution in [1.29, 1.82) is 0 Å². The van der Waals surface area contributed by atoms with E-state index < -0.39 is 23.2 Å². The van der Waals surface area contributed by atoms with Crippen molar-refractivity contribution < 1.29 is 18.3 Å². The van der Waals surface area contributed by atoms with Crippen LogP contribution in [0.2, 0.25) is 0 Å². The fourth-order valence-electron chi connectivity index (χ4n) is 2.95. The standard InChI is InChI=1S/C19H17F2N5O2/c1-26-16(11-7-23-14(10-3-4-10)6-17(11)28-2)5-15(25-26)19(27)24-18-12(20)8-22-9-13(18)21/h5-10H,3-4H2,1-2H3,(H,22,24,27). The molecule has 0 spiro atoms. The highest BCUT2D eigenvalue weighted by Gasteiger charge is 2.27. The van der Waals surface area contributed by atoms with Gasteiger partial charge in [0.1, 0.15) is 11.4 Å². The molecule has 7 nitrogen and oxygen atoms in total. The Morgan fingerprint density at radius 2 is 1.93 bits per heavy atom. The second-order valence-electron chi connectivity index (χ2n) is 6.55. The molecule has 1 aliphatic rings. The summed E-state index contributed by atoms with van der Waals surface area (Å²) in [7, 11) is 3.22. The molecule has 0 atom stereocenters. The van der Waals surface area contributed by atoms with Gasteiger partial charge < -0.3 is 10.1 Å².